The fourth-order valence-electron chi connectivity index (χ4n) is 2.56. The molecule has 3 aromatic heterocycles. The molecule has 0 bridgehead atoms. The minimum absolute atomic E-state index is 0.278. The average molecular weight is 368 g/mol. The standard InChI is InChI=1S/C17H16N6O2S/c18-22-17(25)15-5-11(8-26-15)21-16(24)13-6-12(3-4-19-13)23-7-14(20-9-23)10-1-2-10/h3-10H,1-2,18H2,(H,21,24)(H,22,25). The van der Waals surface area contributed by atoms with Gasteiger partial charge in [-0.3, -0.25) is 20.0 Å². The molecule has 3 aromatic rings. The zero-order valence-corrected chi connectivity index (χ0v) is 14.5. The van der Waals surface area contributed by atoms with E-state index in [0.29, 0.717) is 16.5 Å². The van der Waals surface area contributed by atoms with Crippen molar-refractivity contribution in [3.8, 4) is 5.69 Å². The zero-order valence-electron chi connectivity index (χ0n) is 13.7. The highest BCUT2D eigenvalue weighted by molar-refractivity contribution is 7.12. The van der Waals surface area contributed by atoms with E-state index in [4.69, 9.17) is 5.84 Å². The van der Waals surface area contributed by atoms with E-state index in [2.05, 4.69) is 20.7 Å². The predicted molar refractivity (Wildman–Crippen MR) is 97.3 cm³/mol. The monoisotopic (exact) mass is 368 g/mol. The molecule has 1 fully saturated rings. The minimum Gasteiger partial charge on any atom is -0.320 e. The Kier molecular flexibility index (Phi) is 4.23. The van der Waals surface area contributed by atoms with Crippen LogP contribution in [0.15, 0.2) is 42.3 Å². The number of anilines is 1. The fourth-order valence-corrected chi connectivity index (χ4v) is 3.30. The first-order chi connectivity index (χ1) is 12.6. The van der Waals surface area contributed by atoms with Gasteiger partial charge in [0.2, 0.25) is 0 Å². The number of carbonyl (C=O) groups excluding carboxylic acids is 2. The van der Waals surface area contributed by atoms with Gasteiger partial charge >= 0.3 is 0 Å². The van der Waals surface area contributed by atoms with E-state index < -0.39 is 5.91 Å². The lowest BCUT2D eigenvalue weighted by Gasteiger charge is -2.05. The van der Waals surface area contributed by atoms with Crippen molar-refractivity contribution in [2.75, 3.05) is 5.32 Å². The number of hydrazine groups is 1. The maximum atomic E-state index is 12.5. The molecule has 26 heavy (non-hydrogen) atoms. The predicted octanol–water partition coefficient (Wildman–Crippen LogP) is 2.06. The summed E-state index contributed by atoms with van der Waals surface area (Å²) in [6.45, 7) is 0. The number of hydrogen-bond acceptors (Lipinski definition) is 6. The molecule has 1 aliphatic rings. The second-order valence-electron chi connectivity index (χ2n) is 6.01. The number of hydrogen-bond donors (Lipinski definition) is 3. The molecular formula is C17H16N6O2S. The smallest absolute Gasteiger partial charge is 0.275 e. The van der Waals surface area contributed by atoms with Gasteiger partial charge in [-0.15, -0.1) is 11.3 Å². The molecule has 0 radical (unpaired) electrons. The van der Waals surface area contributed by atoms with E-state index in [1.807, 2.05) is 16.8 Å². The van der Waals surface area contributed by atoms with E-state index >= 15 is 0 Å². The molecule has 9 heteroatoms. The van der Waals surface area contributed by atoms with Gasteiger partial charge in [0.25, 0.3) is 11.8 Å². The van der Waals surface area contributed by atoms with E-state index in [0.717, 1.165) is 11.4 Å². The fraction of sp³-hybridized carbons (Fsp3) is 0.176. The van der Waals surface area contributed by atoms with Crippen LogP contribution < -0.4 is 16.6 Å². The van der Waals surface area contributed by atoms with Gasteiger partial charge in [-0.2, -0.15) is 0 Å². The highest BCUT2D eigenvalue weighted by Crippen LogP contribution is 2.39. The van der Waals surface area contributed by atoms with Crippen LogP contribution in [-0.2, 0) is 0 Å². The van der Waals surface area contributed by atoms with Gasteiger partial charge in [0, 0.05) is 23.7 Å². The number of nitrogens with zero attached hydrogens (tertiary/aromatic N) is 3. The van der Waals surface area contributed by atoms with Crippen molar-refractivity contribution in [1.82, 2.24) is 20.0 Å². The summed E-state index contributed by atoms with van der Waals surface area (Å²) in [5.74, 6) is 4.92. The summed E-state index contributed by atoms with van der Waals surface area (Å²) >= 11 is 1.19. The summed E-state index contributed by atoms with van der Waals surface area (Å²) in [5, 5.41) is 4.40. The van der Waals surface area contributed by atoms with Crippen LogP contribution in [0.3, 0.4) is 0 Å². The summed E-state index contributed by atoms with van der Waals surface area (Å²) in [4.78, 5) is 32.9. The molecule has 0 aromatic carbocycles. The van der Waals surface area contributed by atoms with Crippen molar-refractivity contribution in [3.05, 3.63) is 58.6 Å². The third-order valence-electron chi connectivity index (χ3n) is 4.08. The number of amides is 2. The second kappa shape index (κ2) is 6.70. The lowest BCUT2D eigenvalue weighted by atomic mass is 10.3. The highest BCUT2D eigenvalue weighted by atomic mass is 32.1. The van der Waals surface area contributed by atoms with Gasteiger partial charge in [-0.05, 0) is 31.0 Å². The maximum Gasteiger partial charge on any atom is 0.275 e. The highest BCUT2D eigenvalue weighted by Gasteiger charge is 2.25. The summed E-state index contributed by atoms with van der Waals surface area (Å²) in [6, 6.07) is 5.09. The Morgan fingerprint density at radius 2 is 2.08 bits per heavy atom. The van der Waals surface area contributed by atoms with Gasteiger partial charge < -0.3 is 9.88 Å². The molecule has 0 saturated heterocycles. The number of aromatic nitrogens is 3. The molecule has 4 rings (SSSR count). The van der Waals surface area contributed by atoms with Crippen LogP contribution in [0.25, 0.3) is 5.69 Å². The number of nitrogens with two attached hydrogens (primary N) is 1. The quantitative estimate of drug-likeness (QED) is 0.362. The van der Waals surface area contributed by atoms with Gasteiger partial charge in [0.1, 0.15) is 5.69 Å². The summed E-state index contributed by atoms with van der Waals surface area (Å²) in [5.41, 5.74) is 4.75. The van der Waals surface area contributed by atoms with Gasteiger partial charge in [0.15, 0.2) is 0 Å². The number of pyridine rings is 1. The van der Waals surface area contributed by atoms with Crippen molar-refractivity contribution in [2.45, 2.75) is 18.8 Å². The summed E-state index contributed by atoms with van der Waals surface area (Å²) in [6.07, 6.45) is 7.70. The number of carbonyl (C=O) groups is 2. The summed E-state index contributed by atoms with van der Waals surface area (Å²) < 4.78 is 1.89. The molecule has 0 unspecified atom stereocenters. The van der Waals surface area contributed by atoms with Gasteiger partial charge in [-0.25, -0.2) is 10.8 Å². The Balaban J connectivity index is 1.50. The van der Waals surface area contributed by atoms with Crippen molar-refractivity contribution < 1.29 is 9.59 Å². The van der Waals surface area contributed by atoms with Gasteiger partial charge in [0.05, 0.1) is 28.3 Å². The lowest BCUT2D eigenvalue weighted by molar-refractivity contribution is 0.0956. The van der Waals surface area contributed by atoms with E-state index in [1.165, 1.54) is 24.2 Å². The molecular weight excluding hydrogens is 352 g/mol. The van der Waals surface area contributed by atoms with E-state index in [-0.39, 0.29) is 11.6 Å². The first-order valence-corrected chi connectivity index (χ1v) is 8.93. The molecule has 1 saturated carbocycles. The molecule has 0 spiro atoms. The topological polar surface area (TPSA) is 115 Å². The number of nitrogens with one attached hydrogen (secondary N) is 2. The Morgan fingerprint density at radius 1 is 1.23 bits per heavy atom. The Morgan fingerprint density at radius 3 is 2.85 bits per heavy atom. The molecule has 8 nitrogen and oxygen atoms in total. The molecule has 0 aliphatic heterocycles. The van der Waals surface area contributed by atoms with Crippen LogP contribution in [0, 0.1) is 0 Å². The van der Waals surface area contributed by atoms with Crippen molar-refractivity contribution in [1.29, 1.82) is 0 Å². The molecule has 3 heterocycles. The zero-order chi connectivity index (χ0) is 18.1. The van der Waals surface area contributed by atoms with Crippen LogP contribution >= 0.6 is 11.3 Å². The van der Waals surface area contributed by atoms with Crippen LogP contribution in [0.4, 0.5) is 5.69 Å². The lowest BCUT2D eigenvalue weighted by Crippen LogP contribution is -2.29. The number of thiophene rings is 1. The van der Waals surface area contributed by atoms with Crippen molar-refractivity contribution in [2.24, 2.45) is 5.84 Å². The Labute approximate surface area is 153 Å². The molecule has 0 atom stereocenters. The van der Waals surface area contributed by atoms with Crippen LogP contribution in [0.5, 0.6) is 0 Å². The SMILES string of the molecule is NNC(=O)c1cc(NC(=O)c2cc(-n3cnc(C4CC4)c3)ccn2)cs1. The number of rotatable bonds is 5. The molecule has 1 aliphatic carbocycles. The largest absolute Gasteiger partial charge is 0.320 e. The van der Waals surface area contributed by atoms with E-state index in [1.54, 1.807) is 30.0 Å². The minimum atomic E-state index is -0.401. The molecule has 132 valence electrons. The van der Waals surface area contributed by atoms with Crippen LogP contribution in [0.1, 0.15) is 44.6 Å². The first kappa shape index (κ1) is 16.4. The van der Waals surface area contributed by atoms with Crippen LogP contribution in [0.2, 0.25) is 0 Å². The third-order valence-corrected chi connectivity index (χ3v) is 5.01. The van der Waals surface area contributed by atoms with Crippen molar-refractivity contribution in [3.63, 3.8) is 0 Å². The molecule has 4 N–H and O–H groups in total. The van der Waals surface area contributed by atoms with Crippen molar-refractivity contribution >= 4 is 28.8 Å². The van der Waals surface area contributed by atoms with Gasteiger partial charge in [-0.1, -0.05) is 0 Å². The Bertz CT molecular complexity index is 975. The second-order valence-corrected chi connectivity index (χ2v) is 6.92. The maximum absolute atomic E-state index is 12.5. The normalized spacial score (nSPS) is 13.4. The summed E-state index contributed by atoms with van der Waals surface area (Å²) in [7, 11) is 0. The average Bonchev–Trinajstić information content (AvgIpc) is 3.21. The van der Waals surface area contributed by atoms with E-state index in [9.17, 15) is 9.59 Å². The number of imidazole rings is 1. The number of nitrogen functional groups attached to an aromatic ring is 1. The Hall–Kier alpha value is -3.04. The first-order valence-electron chi connectivity index (χ1n) is 8.05. The van der Waals surface area contributed by atoms with Crippen LogP contribution in [-0.4, -0.2) is 26.3 Å². The molecule has 2 amide bonds. The third kappa shape index (κ3) is 3.35.